The maximum absolute atomic E-state index is 10.7. The van der Waals surface area contributed by atoms with Gasteiger partial charge in [0.15, 0.2) is 5.75 Å². The molecule has 0 aromatic heterocycles. The van der Waals surface area contributed by atoms with E-state index < -0.39 is 4.92 Å². The molecular formula is C15H12N2O3. The van der Waals surface area contributed by atoms with Crippen LogP contribution in [0.15, 0.2) is 42.5 Å². The third kappa shape index (κ3) is 2.87. The molecule has 100 valence electrons. The Morgan fingerprint density at radius 2 is 2.05 bits per heavy atom. The molecule has 0 spiro atoms. The normalized spacial score (nSPS) is 9.75. The summed E-state index contributed by atoms with van der Waals surface area (Å²) >= 11 is 0. The molecule has 2 aromatic rings. The molecule has 20 heavy (non-hydrogen) atoms. The molecule has 0 atom stereocenters. The first-order valence-corrected chi connectivity index (χ1v) is 5.87. The monoisotopic (exact) mass is 268 g/mol. The molecule has 5 heteroatoms. The molecule has 2 aromatic carbocycles. The van der Waals surface area contributed by atoms with Crippen LogP contribution >= 0.6 is 0 Å². The summed E-state index contributed by atoms with van der Waals surface area (Å²) in [5, 5.41) is 23.6. The van der Waals surface area contributed by atoms with Crippen LogP contribution in [0.25, 0.3) is 0 Å². The molecule has 2 rings (SSSR count). The summed E-state index contributed by atoms with van der Waals surface area (Å²) < 4.78 is 0. The number of anilines is 1. The summed E-state index contributed by atoms with van der Waals surface area (Å²) in [5.74, 6) is 2.20. The van der Waals surface area contributed by atoms with Crippen molar-refractivity contribution < 1.29 is 10.0 Å². The van der Waals surface area contributed by atoms with E-state index in [9.17, 15) is 15.2 Å². The van der Waals surface area contributed by atoms with Crippen molar-refractivity contribution in [1.29, 1.82) is 0 Å². The highest BCUT2D eigenvalue weighted by Crippen LogP contribution is 2.29. The number of aromatic hydroxyl groups is 1. The predicted octanol–water partition coefficient (Wildman–Crippen LogP) is 2.89. The standard InChI is InChI=1S/C15H12N2O3/c1-2-11-5-3-7-13(9-11)16-10-12-6-4-8-14(15(12)18)17(19)20/h1,3-9,16,18H,10H2. The third-order valence-corrected chi connectivity index (χ3v) is 2.81. The van der Waals surface area contributed by atoms with Gasteiger partial charge in [-0.15, -0.1) is 6.42 Å². The number of hydrogen-bond acceptors (Lipinski definition) is 4. The molecular weight excluding hydrogens is 256 g/mol. The number of para-hydroxylation sites is 1. The number of phenols is 1. The third-order valence-electron chi connectivity index (χ3n) is 2.81. The van der Waals surface area contributed by atoms with Crippen molar-refractivity contribution in [3.63, 3.8) is 0 Å². The molecule has 5 nitrogen and oxygen atoms in total. The Balaban J connectivity index is 2.17. The van der Waals surface area contributed by atoms with Gasteiger partial charge in [0.1, 0.15) is 0 Å². The van der Waals surface area contributed by atoms with Crippen molar-refractivity contribution in [1.82, 2.24) is 0 Å². The van der Waals surface area contributed by atoms with Crippen LogP contribution in [-0.4, -0.2) is 10.0 Å². The topological polar surface area (TPSA) is 75.4 Å². The van der Waals surface area contributed by atoms with Crippen molar-refractivity contribution in [2.24, 2.45) is 0 Å². The Labute approximate surface area is 116 Å². The quantitative estimate of drug-likeness (QED) is 0.508. The Kier molecular flexibility index (Phi) is 3.87. The Morgan fingerprint density at radius 3 is 2.75 bits per heavy atom. The molecule has 0 fully saturated rings. The molecule has 0 amide bonds. The molecule has 0 heterocycles. The first kappa shape index (κ1) is 13.4. The van der Waals surface area contributed by atoms with Gasteiger partial charge in [-0.2, -0.15) is 0 Å². The lowest BCUT2D eigenvalue weighted by Gasteiger charge is -2.08. The number of nitro groups is 1. The van der Waals surface area contributed by atoms with Gasteiger partial charge in [0.2, 0.25) is 0 Å². The Morgan fingerprint density at radius 1 is 1.30 bits per heavy atom. The average molecular weight is 268 g/mol. The number of nitrogens with one attached hydrogen (secondary N) is 1. The highest BCUT2D eigenvalue weighted by Gasteiger charge is 2.15. The first-order chi connectivity index (χ1) is 9.61. The van der Waals surface area contributed by atoms with Gasteiger partial charge in [-0.05, 0) is 18.2 Å². The van der Waals surface area contributed by atoms with Crippen LogP contribution in [0.5, 0.6) is 5.75 Å². The molecule has 0 bridgehead atoms. The van der Waals surface area contributed by atoms with Crippen LogP contribution in [0.2, 0.25) is 0 Å². The van der Waals surface area contributed by atoms with Crippen molar-refractivity contribution in [3.8, 4) is 18.1 Å². The summed E-state index contributed by atoms with van der Waals surface area (Å²) in [4.78, 5) is 10.1. The van der Waals surface area contributed by atoms with Gasteiger partial charge in [-0.25, -0.2) is 0 Å². The van der Waals surface area contributed by atoms with Crippen LogP contribution in [0.1, 0.15) is 11.1 Å². The summed E-state index contributed by atoms with van der Waals surface area (Å²) in [5.41, 5.74) is 1.66. The number of phenolic OH excluding ortho intramolecular Hbond substituents is 1. The maximum Gasteiger partial charge on any atom is 0.311 e. The SMILES string of the molecule is C#Cc1cccc(NCc2cccc([N+](=O)[O-])c2O)c1. The van der Waals surface area contributed by atoms with Crippen LogP contribution < -0.4 is 5.32 Å². The largest absolute Gasteiger partial charge is 0.502 e. The Bertz CT molecular complexity index is 690. The Hall–Kier alpha value is -3.00. The molecule has 0 radical (unpaired) electrons. The minimum atomic E-state index is -0.613. The minimum Gasteiger partial charge on any atom is -0.502 e. The van der Waals surface area contributed by atoms with Gasteiger partial charge in [0.25, 0.3) is 0 Å². The van der Waals surface area contributed by atoms with Crippen LogP contribution in [0.4, 0.5) is 11.4 Å². The number of benzene rings is 2. The molecule has 0 saturated carbocycles. The van der Waals surface area contributed by atoms with Gasteiger partial charge >= 0.3 is 5.69 Å². The number of hydrogen-bond donors (Lipinski definition) is 2. The zero-order chi connectivity index (χ0) is 14.5. The fourth-order valence-electron chi connectivity index (χ4n) is 1.78. The smallest absolute Gasteiger partial charge is 0.311 e. The molecule has 0 aliphatic carbocycles. The van der Waals surface area contributed by atoms with Gasteiger partial charge < -0.3 is 10.4 Å². The van der Waals surface area contributed by atoms with E-state index >= 15 is 0 Å². The maximum atomic E-state index is 10.7. The van der Waals surface area contributed by atoms with Crippen molar-refractivity contribution >= 4 is 11.4 Å². The fraction of sp³-hybridized carbons (Fsp3) is 0.0667. The summed E-state index contributed by atoms with van der Waals surface area (Å²) in [6.45, 7) is 0.265. The lowest BCUT2D eigenvalue weighted by Crippen LogP contribution is -2.01. The van der Waals surface area contributed by atoms with Crippen molar-refractivity contribution in [2.45, 2.75) is 6.54 Å². The lowest BCUT2D eigenvalue weighted by atomic mass is 10.1. The van der Waals surface area contributed by atoms with Crippen molar-refractivity contribution in [3.05, 3.63) is 63.7 Å². The van der Waals surface area contributed by atoms with Crippen LogP contribution in [-0.2, 0) is 6.54 Å². The fourth-order valence-corrected chi connectivity index (χ4v) is 1.78. The molecule has 0 aliphatic heterocycles. The van der Waals surface area contributed by atoms with Gasteiger partial charge in [-0.3, -0.25) is 10.1 Å². The highest BCUT2D eigenvalue weighted by atomic mass is 16.6. The summed E-state index contributed by atoms with van der Waals surface area (Å²) in [7, 11) is 0. The second kappa shape index (κ2) is 5.76. The molecule has 0 unspecified atom stereocenters. The van der Waals surface area contributed by atoms with E-state index in [4.69, 9.17) is 6.42 Å². The van der Waals surface area contributed by atoms with Crippen molar-refractivity contribution in [2.75, 3.05) is 5.32 Å². The molecule has 0 aliphatic rings. The zero-order valence-electron chi connectivity index (χ0n) is 10.5. The van der Waals surface area contributed by atoms with Crippen LogP contribution in [0.3, 0.4) is 0 Å². The van der Waals surface area contributed by atoms with Gasteiger partial charge in [-0.1, -0.05) is 24.1 Å². The predicted molar refractivity (Wildman–Crippen MR) is 76.5 cm³/mol. The van der Waals surface area contributed by atoms with E-state index in [1.807, 2.05) is 12.1 Å². The number of nitro benzene ring substituents is 1. The van der Waals surface area contributed by atoms with E-state index in [1.54, 1.807) is 18.2 Å². The number of rotatable bonds is 4. The van der Waals surface area contributed by atoms with E-state index in [2.05, 4.69) is 11.2 Å². The minimum absolute atomic E-state index is 0.265. The van der Waals surface area contributed by atoms with E-state index in [1.165, 1.54) is 12.1 Å². The molecule has 2 N–H and O–H groups in total. The van der Waals surface area contributed by atoms with Gasteiger partial charge in [0, 0.05) is 29.4 Å². The lowest BCUT2D eigenvalue weighted by molar-refractivity contribution is -0.385. The second-order valence-electron chi connectivity index (χ2n) is 4.12. The van der Waals surface area contributed by atoms with Gasteiger partial charge in [0.05, 0.1) is 4.92 Å². The second-order valence-corrected chi connectivity index (χ2v) is 4.12. The zero-order valence-corrected chi connectivity index (χ0v) is 10.5. The average Bonchev–Trinajstić information content (AvgIpc) is 2.46. The van der Waals surface area contributed by atoms with E-state index in [0.717, 1.165) is 11.3 Å². The number of nitrogens with zero attached hydrogens (tertiary/aromatic N) is 1. The number of terminal acetylenes is 1. The summed E-state index contributed by atoms with van der Waals surface area (Å²) in [6.07, 6.45) is 5.31. The van der Waals surface area contributed by atoms with E-state index in [0.29, 0.717) is 5.56 Å². The highest BCUT2D eigenvalue weighted by molar-refractivity contribution is 5.54. The van der Waals surface area contributed by atoms with E-state index in [-0.39, 0.29) is 18.0 Å². The first-order valence-electron chi connectivity index (χ1n) is 5.87. The molecule has 0 saturated heterocycles. The van der Waals surface area contributed by atoms with Crippen LogP contribution in [0, 0.1) is 22.5 Å². The summed E-state index contributed by atoms with van der Waals surface area (Å²) in [6, 6.07) is 11.6.